The smallest absolute Gasteiger partial charge is 0.0662 e. The zero-order valence-corrected chi connectivity index (χ0v) is 18.0. The van der Waals surface area contributed by atoms with Gasteiger partial charge < -0.3 is 0 Å². The summed E-state index contributed by atoms with van der Waals surface area (Å²) in [5, 5.41) is 9.39. The van der Waals surface area contributed by atoms with Gasteiger partial charge in [-0.05, 0) is 75.3 Å². The van der Waals surface area contributed by atoms with Gasteiger partial charge in [0.1, 0.15) is 0 Å². The van der Waals surface area contributed by atoms with E-state index in [1.807, 2.05) is 0 Å². The highest BCUT2D eigenvalue weighted by molar-refractivity contribution is 5.15. The first kappa shape index (κ1) is 20.8. The van der Waals surface area contributed by atoms with Gasteiger partial charge >= 0.3 is 0 Å². The minimum atomic E-state index is 0.665. The minimum absolute atomic E-state index is 0.665. The van der Waals surface area contributed by atoms with Crippen molar-refractivity contribution >= 4 is 0 Å². The van der Waals surface area contributed by atoms with Crippen LogP contribution in [0.3, 0.4) is 0 Å². The third-order valence-corrected chi connectivity index (χ3v) is 7.42. The fourth-order valence-corrected chi connectivity index (χ4v) is 5.46. The van der Waals surface area contributed by atoms with Gasteiger partial charge in [-0.2, -0.15) is 10.2 Å². The van der Waals surface area contributed by atoms with E-state index in [4.69, 9.17) is 10.2 Å². The molecule has 2 aliphatic rings. The van der Waals surface area contributed by atoms with E-state index in [1.54, 1.807) is 0 Å². The lowest BCUT2D eigenvalue weighted by Crippen LogP contribution is -2.17. The van der Waals surface area contributed by atoms with Crippen LogP contribution in [0.1, 0.15) is 133 Å². The highest BCUT2D eigenvalue weighted by atomic mass is 15.1. The molecule has 0 saturated heterocycles. The SMILES string of the molecule is CCCCC[C@H]1CC[C@H](c2ccc([C@H]3CC[C@H](CCCC)CC3)nn2)CC1. The summed E-state index contributed by atoms with van der Waals surface area (Å²) in [6.07, 6.45) is 20.7. The summed E-state index contributed by atoms with van der Waals surface area (Å²) >= 11 is 0. The van der Waals surface area contributed by atoms with Gasteiger partial charge in [-0.1, -0.05) is 58.8 Å². The molecule has 0 atom stereocenters. The van der Waals surface area contributed by atoms with Crippen LogP contribution in [-0.2, 0) is 0 Å². The van der Waals surface area contributed by atoms with Crippen molar-refractivity contribution in [3.8, 4) is 0 Å². The van der Waals surface area contributed by atoms with Gasteiger partial charge in [-0.15, -0.1) is 0 Å². The number of nitrogens with zero attached hydrogens (tertiary/aromatic N) is 2. The van der Waals surface area contributed by atoms with Crippen molar-refractivity contribution < 1.29 is 0 Å². The maximum Gasteiger partial charge on any atom is 0.0662 e. The van der Waals surface area contributed by atoms with Crippen LogP contribution in [0, 0.1) is 11.8 Å². The van der Waals surface area contributed by atoms with Crippen LogP contribution in [0.2, 0.25) is 0 Å². The van der Waals surface area contributed by atoms with Gasteiger partial charge in [0.15, 0.2) is 0 Å². The fraction of sp³-hybridized carbons (Fsp3) is 0.840. The molecule has 2 saturated carbocycles. The predicted molar refractivity (Wildman–Crippen MR) is 115 cm³/mol. The van der Waals surface area contributed by atoms with Crippen molar-refractivity contribution in [2.45, 2.75) is 122 Å². The van der Waals surface area contributed by atoms with Crippen molar-refractivity contribution in [3.63, 3.8) is 0 Å². The summed E-state index contributed by atoms with van der Waals surface area (Å²) in [4.78, 5) is 0. The monoisotopic (exact) mass is 370 g/mol. The van der Waals surface area contributed by atoms with Gasteiger partial charge in [0.2, 0.25) is 0 Å². The molecule has 0 radical (unpaired) electrons. The molecule has 0 unspecified atom stereocenters. The van der Waals surface area contributed by atoms with Gasteiger partial charge in [-0.25, -0.2) is 0 Å². The second kappa shape index (κ2) is 11.2. The van der Waals surface area contributed by atoms with Crippen molar-refractivity contribution in [1.29, 1.82) is 0 Å². The highest BCUT2D eigenvalue weighted by Crippen LogP contribution is 2.39. The van der Waals surface area contributed by atoms with E-state index in [0.29, 0.717) is 11.8 Å². The Morgan fingerprint density at radius 1 is 0.630 bits per heavy atom. The maximum absolute atomic E-state index is 4.70. The second-order valence-electron chi connectivity index (χ2n) is 9.46. The topological polar surface area (TPSA) is 25.8 Å². The molecular weight excluding hydrogens is 328 g/mol. The molecule has 0 bridgehead atoms. The van der Waals surface area contributed by atoms with Gasteiger partial charge in [0, 0.05) is 11.8 Å². The zero-order valence-electron chi connectivity index (χ0n) is 18.0. The first-order chi connectivity index (χ1) is 13.3. The summed E-state index contributed by atoms with van der Waals surface area (Å²) in [5.74, 6) is 3.28. The first-order valence-corrected chi connectivity index (χ1v) is 12.1. The Bertz CT molecular complexity index is 508. The molecule has 0 amide bonds. The van der Waals surface area contributed by atoms with Gasteiger partial charge in [0.05, 0.1) is 11.4 Å². The van der Waals surface area contributed by atoms with Crippen LogP contribution in [0.15, 0.2) is 12.1 Å². The van der Waals surface area contributed by atoms with Crippen molar-refractivity contribution in [3.05, 3.63) is 23.5 Å². The van der Waals surface area contributed by atoms with E-state index in [-0.39, 0.29) is 0 Å². The Kier molecular flexibility index (Phi) is 8.61. The average molecular weight is 371 g/mol. The number of unbranched alkanes of at least 4 members (excludes halogenated alkanes) is 3. The van der Waals surface area contributed by atoms with Crippen molar-refractivity contribution in [1.82, 2.24) is 10.2 Å². The molecule has 2 fully saturated rings. The average Bonchev–Trinajstić information content (AvgIpc) is 2.73. The van der Waals surface area contributed by atoms with Gasteiger partial charge in [-0.3, -0.25) is 0 Å². The lowest BCUT2D eigenvalue weighted by atomic mass is 9.77. The molecule has 2 aliphatic carbocycles. The second-order valence-corrected chi connectivity index (χ2v) is 9.46. The lowest BCUT2D eigenvalue weighted by Gasteiger charge is -2.29. The standard InChI is InChI=1S/C25H42N2/c1-3-5-7-9-21-12-16-23(17-13-21)25-19-18-24(26-27-25)22-14-10-20(11-15-22)8-6-4-2/h18-23H,3-17H2,1-2H3/t20-,21-,22-,23-. The Morgan fingerprint density at radius 2 is 1.07 bits per heavy atom. The summed E-state index contributed by atoms with van der Waals surface area (Å²) in [5.41, 5.74) is 2.53. The molecule has 0 N–H and O–H groups in total. The molecule has 0 aliphatic heterocycles. The molecule has 1 aromatic heterocycles. The van der Waals surface area contributed by atoms with Crippen LogP contribution < -0.4 is 0 Å². The number of rotatable bonds is 9. The first-order valence-electron chi connectivity index (χ1n) is 12.1. The molecule has 2 heteroatoms. The predicted octanol–water partition coefficient (Wildman–Crippen LogP) is 7.79. The lowest BCUT2D eigenvalue weighted by molar-refractivity contribution is 0.295. The summed E-state index contributed by atoms with van der Waals surface area (Å²) in [6, 6.07) is 4.63. The quantitative estimate of drug-likeness (QED) is 0.414. The van der Waals surface area contributed by atoms with Crippen LogP contribution in [0.25, 0.3) is 0 Å². The minimum Gasteiger partial charge on any atom is -0.155 e. The number of aromatic nitrogens is 2. The molecule has 0 spiro atoms. The van der Waals surface area contributed by atoms with Crippen LogP contribution in [-0.4, -0.2) is 10.2 Å². The molecule has 3 rings (SSSR count). The van der Waals surface area contributed by atoms with E-state index >= 15 is 0 Å². The van der Waals surface area contributed by atoms with E-state index in [9.17, 15) is 0 Å². The Morgan fingerprint density at radius 3 is 1.48 bits per heavy atom. The molecule has 1 aromatic rings. The summed E-state index contributed by atoms with van der Waals surface area (Å²) in [7, 11) is 0. The molecule has 0 aromatic carbocycles. The summed E-state index contributed by atoms with van der Waals surface area (Å²) in [6.45, 7) is 4.61. The normalized spacial score (nSPS) is 29.0. The molecule has 27 heavy (non-hydrogen) atoms. The van der Waals surface area contributed by atoms with Crippen molar-refractivity contribution in [2.75, 3.05) is 0 Å². The van der Waals surface area contributed by atoms with Crippen LogP contribution in [0.5, 0.6) is 0 Å². The van der Waals surface area contributed by atoms with E-state index in [0.717, 1.165) is 11.8 Å². The maximum atomic E-state index is 4.70. The Labute approximate surface area is 167 Å². The molecule has 2 nitrogen and oxygen atoms in total. The Hall–Kier alpha value is -0.920. The van der Waals surface area contributed by atoms with Gasteiger partial charge in [0.25, 0.3) is 0 Å². The van der Waals surface area contributed by atoms with E-state index < -0.39 is 0 Å². The third-order valence-electron chi connectivity index (χ3n) is 7.42. The summed E-state index contributed by atoms with van der Waals surface area (Å²) < 4.78 is 0. The zero-order chi connectivity index (χ0) is 18.9. The molecule has 1 heterocycles. The Balaban J connectivity index is 1.43. The third kappa shape index (κ3) is 6.29. The van der Waals surface area contributed by atoms with Crippen LogP contribution >= 0.6 is 0 Å². The van der Waals surface area contributed by atoms with E-state index in [2.05, 4.69) is 26.0 Å². The largest absolute Gasteiger partial charge is 0.155 e. The van der Waals surface area contributed by atoms with Crippen molar-refractivity contribution in [2.24, 2.45) is 11.8 Å². The highest BCUT2D eigenvalue weighted by Gasteiger charge is 2.25. The fourth-order valence-electron chi connectivity index (χ4n) is 5.46. The molecular formula is C25H42N2. The number of hydrogen-bond acceptors (Lipinski definition) is 2. The molecule has 152 valence electrons. The van der Waals surface area contributed by atoms with Crippen LogP contribution in [0.4, 0.5) is 0 Å². The van der Waals surface area contributed by atoms with E-state index in [1.165, 1.54) is 108 Å². The number of hydrogen-bond donors (Lipinski definition) is 0.